The number of nitrogens with zero attached hydrogens (tertiary/aromatic N) is 1. The first-order valence-corrected chi connectivity index (χ1v) is 5.83. The van der Waals surface area contributed by atoms with Crippen molar-refractivity contribution in [2.45, 2.75) is 38.7 Å². The summed E-state index contributed by atoms with van der Waals surface area (Å²) >= 11 is 0. The summed E-state index contributed by atoms with van der Waals surface area (Å²) in [6.07, 6.45) is 2.97. The standard InChI is InChI=1S/C15H17NO/c1-3-4-5-6-11-15(2,17)14-9-7-13(12-16)8-10-14/h7-10,17H,3-5H2,1-2H3. The molecule has 0 heterocycles. The number of rotatable bonds is 3. The van der Waals surface area contributed by atoms with Crippen LogP contribution in [0.5, 0.6) is 0 Å². The Morgan fingerprint density at radius 3 is 2.47 bits per heavy atom. The Morgan fingerprint density at radius 2 is 1.94 bits per heavy atom. The minimum Gasteiger partial charge on any atom is -0.374 e. The molecule has 1 aromatic rings. The van der Waals surface area contributed by atoms with Crippen LogP contribution in [-0.2, 0) is 5.60 Å². The Labute approximate surface area is 103 Å². The highest BCUT2D eigenvalue weighted by atomic mass is 16.3. The SMILES string of the molecule is CCCCC#CC(C)(O)c1ccc(C#N)cc1. The van der Waals surface area contributed by atoms with Gasteiger partial charge in [0.05, 0.1) is 11.6 Å². The van der Waals surface area contributed by atoms with Crippen LogP contribution >= 0.6 is 0 Å². The highest BCUT2D eigenvalue weighted by Gasteiger charge is 2.19. The van der Waals surface area contributed by atoms with Gasteiger partial charge in [0, 0.05) is 6.42 Å². The van der Waals surface area contributed by atoms with Crippen molar-refractivity contribution in [3.8, 4) is 17.9 Å². The van der Waals surface area contributed by atoms with Crippen molar-refractivity contribution >= 4 is 0 Å². The number of aliphatic hydroxyl groups is 1. The average Bonchev–Trinajstić information content (AvgIpc) is 2.35. The third kappa shape index (κ3) is 3.94. The number of hydrogen-bond donors (Lipinski definition) is 1. The van der Waals surface area contributed by atoms with Crippen LogP contribution in [0.3, 0.4) is 0 Å². The van der Waals surface area contributed by atoms with Crippen molar-refractivity contribution in [2.75, 3.05) is 0 Å². The molecule has 17 heavy (non-hydrogen) atoms. The van der Waals surface area contributed by atoms with Crippen LogP contribution in [0.1, 0.15) is 44.2 Å². The minimum atomic E-state index is -1.14. The topological polar surface area (TPSA) is 44.0 Å². The lowest BCUT2D eigenvalue weighted by molar-refractivity contribution is 0.122. The lowest BCUT2D eigenvalue weighted by atomic mass is 9.95. The van der Waals surface area contributed by atoms with Gasteiger partial charge in [-0.1, -0.05) is 37.3 Å². The predicted molar refractivity (Wildman–Crippen MR) is 68.0 cm³/mol. The molecule has 0 aliphatic heterocycles. The van der Waals surface area contributed by atoms with Gasteiger partial charge in [0.1, 0.15) is 5.60 Å². The lowest BCUT2D eigenvalue weighted by Crippen LogP contribution is -2.18. The van der Waals surface area contributed by atoms with Crippen LogP contribution in [0.15, 0.2) is 24.3 Å². The highest BCUT2D eigenvalue weighted by Crippen LogP contribution is 2.19. The molecule has 0 fully saturated rings. The van der Waals surface area contributed by atoms with E-state index in [1.54, 1.807) is 31.2 Å². The Hall–Kier alpha value is -1.77. The van der Waals surface area contributed by atoms with E-state index in [0.717, 1.165) is 24.8 Å². The molecule has 0 saturated heterocycles. The maximum Gasteiger partial charge on any atom is 0.148 e. The summed E-state index contributed by atoms with van der Waals surface area (Å²) in [7, 11) is 0. The van der Waals surface area contributed by atoms with Gasteiger partial charge in [0.25, 0.3) is 0 Å². The van der Waals surface area contributed by atoms with Gasteiger partial charge in [-0.15, -0.1) is 0 Å². The van der Waals surface area contributed by atoms with Crippen molar-refractivity contribution in [2.24, 2.45) is 0 Å². The number of unbranched alkanes of at least 4 members (excludes halogenated alkanes) is 2. The van der Waals surface area contributed by atoms with Crippen LogP contribution < -0.4 is 0 Å². The fourth-order valence-electron chi connectivity index (χ4n) is 1.44. The van der Waals surface area contributed by atoms with E-state index >= 15 is 0 Å². The maximum absolute atomic E-state index is 10.2. The number of hydrogen-bond acceptors (Lipinski definition) is 2. The summed E-state index contributed by atoms with van der Waals surface area (Å²) in [6.45, 7) is 3.79. The Morgan fingerprint density at radius 1 is 1.29 bits per heavy atom. The number of benzene rings is 1. The van der Waals surface area contributed by atoms with Crippen molar-refractivity contribution < 1.29 is 5.11 Å². The fourth-order valence-corrected chi connectivity index (χ4v) is 1.44. The van der Waals surface area contributed by atoms with Gasteiger partial charge >= 0.3 is 0 Å². The Balaban J connectivity index is 2.80. The largest absolute Gasteiger partial charge is 0.374 e. The van der Waals surface area contributed by atoms with E-state index < -0.39 is 5.60 Å². The molecular formula is C15H17NO. The van der Waals surface area contributed by atoms with E-state index in [-0.39, 0.29) is 0 Å². The van der Waals surface area contributed by atoms with Crippen molar-refractivity contribution in [3.05, 3.63) is 35.4 Å². The quantitative estimate of drug-likeness (QED) is 0.637. The smallest absolute Gasteiger partial charge is 0.148 e. The van der Waals surface area contributed by atoms with Gasteiger partial charge in [-0.05, 0) is 31.0 Å². The van der Waals surface area contributed by atoms with Crippen LogP contribution in [0, 0.1) is 23.2 Å². The summed E-state index contributed by atoms with van der Waals surface area (Å²) in [5, 5.41) is 18.9. The molecule has 1 atom stereocenters. The average molecular weight is 227 g/mol. The normalized spacial score (nSPS) is 13.1. The third-order valence-corrected chi connectivity index (χ3v) is 2.56. The summed E-state index contributed by atoms with van der Waals surface area (Å²) in [5.41, 5.74) is 0.172. The van der Waals surface area contributed by atoms with Gasteiger partial charge in [0.2, 0.25) is 0 Å². The molecule has 0 aliphatic rings. The molecule has 0 spiro atoms. The zero-order valence-corrected chi connectivity index (χ0v) is 10.3. The van der Waals surface area contributed by atoms with Crippen LogP contribution in [-0.4, -0.2) is 5.11 Å². The van der Waals surface area contributed by atoms with Crippen LogP contribution in [0.2, 0.25) is 0 Å². The first-order valence-electron chi connectivity index (χ1n) is 5.83. The van der Waals surface area contributed by atoms with Gasteiger partial charge < -0.3 is 5.11 Å². The number of nitriles is 1. The van der Waals surface area contributed by atoms with Gasteiger partial charge in [-0.3, -0.25) is 0 Å². The van der Waals surface area contributed by atoms with Crippen LogP contribution in [0.4, 0.5) is 0 Å². The first-order chi connectivity index (χ1) is 8.10. The van der Waals surface area contributed by atoms with Crippen molar-refractivity contribution in [1.82, 2.24) is 0 Å². The van der Waals surface area contributed by atoms with Crippen molar-refractivity contribution in [1.29, 1.82) is 5.26 Å². The van der Waals surface area contributed by atoms with Gasteiger partial charge in [-0.2, -0.15) is 5.26 Å². The maximum atomic E-state index is 10.2. The third-order valence-electron chi connectivity index (χ3n) is 2.56. The second kappa shape index (κ2) is 6.09. The first kappa shape index (κ1) is 13.3. The Bertz CT molecular complexity index is 454. The molecule has 0 aromatic heterocycles. The zero-order chi connectivity index (χ0) is 12.7. The summed E-state index contributed by atoms with van der Waals surface area (Å²) in [4.78, 5) is 0. The van der Waals surface area contributed by atoms with Gasteiger partial charge in [0.15, 0.2) is 0 Å². The second-order valence-corrected chi connectivity index (χ2v) is 4.17. The van der Waals surface area contributed by atoms with Crippen LogP contribution in [0.25, 0.3) is 0 Å². The molecule has 1 unspecified atom stereocenters. The molecule has 2 nitrogen and oxygen atoms in total. The molecule has 0 aliphatic carbocycles. The molecule has 0 bridgehead atoms. The molecule has 1 rings (SSSR count). The Kier molecular flexibility index (Phi) is 4.76. The van der Waals surface area contributed by atoms with Crippen molar-refractivity contribution in [3.63, 3.8) is 0 Å². The van der Waals surface area contributed by atoms with E-state index in [0.29, 0.717) is 5.56 Å². The predicted octanol–water partition coefficient (Wildman–Crippen LogP) is 2.96. The lowest BCUT2D eigenvalue weighted by Gasteiger charge is -2.16. The molecular weight excluding hydrogens is 210 g/mol. The molecule has 0 amide bonds. The van der Waals surface area contributed by atoms with E-state index in [4.69, 9.17) is 5.26 Å². The highest BCUT2D eigenvalue weighted by molar-refractivity contribution is 5.37. The molecule has 2 heteroatoms. The second-order valence-electron chi connectivity index (χ2n) is 4.17. The molecule has 1 aromatic carbocycles. The van der Waals surface area contributed by atoms with E-state index in [9.17, 15) is 5.11 Å². The summed E-state index contributed by atoms with van der Waals surface area (Å²) in [6, 6.07) is 8.92. The van der Waals surface area contributed by atoms with E-state index in [1.165, 1.54) is 0 Å². The van der Waals surface area contributed by atoms with Gasteiger partial charge in [-0.25, -0.2) is 0 Å². The summed E-state index contributed by atoms with van der Waals surface area (Å²) < 4.78 is 0. The molecule has 1 N–H and O–H groups in total. The fraction of sp³-hybridized carbons (Fsp3) is 0.400. The minimum absolute atomic E-state index is 0.587. The molecule has 88 valence electrons. The molecule has 0 saturated carbocycles. The monoisotopic (exact) mass is 227 g/mol. The van der Waals surface area contributed by atoms with E-state index in [2.05, 4.69) is 18.8 Å². The zero-order valence-electron chi connectivity index (χ0n) is 10.3. The molecule has 0 radical (unpaired) electrons. The van der Waals surface area contributed by atoms with E-state index in [1.807, 2.05) is 6.07 Å². The summed E-state index contributed by atoms with van der Waals surface area (Å²) in [5.74, 6) is 5.86.